The number of carbonyl (C=O) groups is 1. The third-order valence-corrected chi connectivity index (χ3v) is 2.02. The summed E-state index contributed by atoms with van der Waals surface area (Å²) in [5, 5.41) is 8.49. The summed E-state index contributed by atoms with van der Waals surface area (Å²) in [6.45, 7) is 0.961. The number of aromatic carboxylic acids is 1. The van der Waals surface area contributed by atoms with E-state index in [4.69, 9.17) is 5.11 Å². The standard InChI is InChI=1S/C9H6F5NO2/c1-4-2-6(7(16)17)15-3-5(4)8(10,11)9(12,13)14/h2-3H,1H3,(H,16,17). The van der Waals surface area contributed by atoms with E-state index in [0.29, 0.717) is 6.07 Å². The van der Waals surface area contributed by atoms with E-state index in [2.05, 4.69) is 4.98 Å². The second-order valence-corrected chi connectivity index (χ2v) is 3.26. The molecule has 0 aliphatic carbocycles. The van der Waals surface area contributed by atoms with Gasteiger partial charge in [-0.1, -0.05) is 0 Å². The van der Waals surface area contributed by atoms with Gasteiger partial charge in [-0.05, 0) is 18.6 Å². The molecule has 0 aromatic carbocycles. The summed E-state index contributed by atoms with van der Waals surface area (Å²) < 4.78 is 62.1. The molecule has 8 heteroatoms. The summed E-state index contributed by atoms with van der Waals surface area (Å²) in [6.07, 6.45) is -5.52. The van der Waals surface area contributed by atoms with Crippen molar-refractivity contribution >= 4 is 5.97 Å². The van der Waals surface area contributed by atoms with E-state index in [9.17, 15) is 26.7 Å². The van der Waals surface area contributed by atoms with Crippen molar-refractivity contribution in [2.24, 2.45) is 0 Å². The number of nitrogens with zero attached hydrogens (tertiary/aromatic N) is 1. The highest BCUT2D eigenvalue weighted by Crippen LogP contribution is 2.44. The highest BCUT2D eigenvalue weighted by molar-refractivity contribution is 5.85. The lowest BCUT2D eigenvalue weighted by molar-refractivity contribution is -0.289. The first-order valence-electron chi connectivity index (χ1n) is 4.22. The minimum absolute atomic E-state index is 0.228. The van der Waals surface area contributed by atoms with Crippen LogP contribution in [0, 0.1) is 6.92 Å². The van der Waals surface area contributed by atoms with Crippen LogP contribution < -0.4 is 0 Å². The number of aryl methyl sites for hydroxylation is 1. The fourth-order valence-electron chi connectivity index (χ4n) is 1.15. The minimum Gasteiger partial charge on any atom is -0.477 e. The summed E-state index contributed by atoms with van der Waals surface area (Å²) in [5.74, 6) is -6.56. The molecule has 0 aliphatic rings. The van der Waals surface area contributed by atoms with E-state index < -0.39 is 34.9 Å². The predicted octanol–water partition coefficient (Wildman–Crippen LogP) is 2.74. The number of hydrogen-bond donors (Lipinski definition) is 1. The molecule has 17 heavy (non-hydrogen) atoms. The Kier molecular flexibility index (Phi) is 3.09. The summed E-state index contributed by atoms with van der Waals surface area (Å²) in [7, 11) is 0. The van der Waals surface area contributed by atoms with Gasteiger partial charge >= 0.3 is 18.1 Å². The molecule has 1 rings (SSSR count). The molecule has 1 heterocycles. The van der Waals surface area contributed by atoms with Crippen molar-refractivity contribution in [2.45, 2.75) is 19.0 Å². The van der Waals surface area contributed by atoms with Gasteiger partial charge < -0.3 is 5.11 Å². The van der Waals surface area contributed by atoms with Gasteiger partial charge in [0.1, 0.15) is 5.69 Å². The SMILES string of the molecule is Cc1cc(C(=O)O)ncc1C(F)(F)C(F)(F)F. The lowest BCUT2D eigenvalue weighted by atomic mass is 10.0. The van der Waals surface area contributed by atoms with Gasteiger partial charge in [0.15, 0.2) is 0 Å². The summed E-state index contributed by atoms with van der Waals surface area (Å²) in [5.41, 5.74) is -2.43. The molecule has 94 valence electrons. The van der Waals surface area contributed by atoms with Gasteiger partial charge in [0.2, 0.25) is 0 Å². The Morgan fingerprint density at radius 2 is 1.82 bits per heavy atom. The van der Waals surface area contributed by atoms with Gasteiger partial charge in [0.25, 0.3) is 0 Å². The summed E-state index contributed by atoms with van der Waals surface area (Å²) in [6, 6.07) is 0.664. The van der Waals surface area contributed by atoms with E-state index in [1.54, 1.807) is 0 Å². The van der Waals surface area contributed by atoms with Crippen molar-refractivity contribution in [1.82, 2.24) is 4.98 Å². The van der Waals surface area contributed by atoms with Crippen molar-refractivity contribution in [2.75, 3.05) is 0 Å². The molecule has 0 unspecified atom stereocenters. The van der Waals surface area contributed by atoms with Crippen LogP contribution in [0.2, 0.25) is 0 Å². The molecule has 0 aliphatic heterocycles. The number of alkyl halides is 5. The molecule has 3 nitrogen and oxygen atoms in total. The van der Waals surface area contributed by atoms with Gasteiger partial charge in [-0.25, -0.2) is 9.78 Å². The van der Waals surface area contributed by atoms with Gasteiger partial charge in [-0.3, -0.25) is 0 Å². The van der Waals surface area contributed by atoms with Crippen LogP contribution in [0.4, 0.5) is 22.0 Å². The quantitative estimate of drug-likeness (QED) is 0.826. The Balaban J connectivity index is 3.30. The molecule has 0 radical (unpaired) electrons. The van der Waals surface area contributed by atoms with Crippen LogP contribution in [-0.2, 0) is 5.92 Å². The van der Waals surface area contributed by atoms with Crippen LogP contribution in [-0.4, -0.2) is 22.2 Å². The van der Waals surface area contributed by atoms with Crippen LogP contribution in [0.25, 0.3) is 0 Å². The fraction of sp³-hybridized carbons (Fsp3) is 0.333. The molecule has 0 spiro atoms. The molecule has 1 N–H and O–H groups in total. The lowest BCUT2D eigenvalue weighted by Gasteiger charge is -2.21. The normalized spacial score (nSPS) is 12.6. The molecule has 0 atom stereocenters. The average Bonchev–Trinajstić information content (AvgIpc) is 2.15. The second kappa shape index (κ2) is 3.94. The maximum atomic E-state index is 12.9. The third kappa shape index (κ3) is 2.34. The third-order valence-electron chi connectivity index (χ3n) is 2.02. The molecular formula is C9H6F5NO2. The van der Waals surface area contributed by atoms with Crippen molar-refractivity contribution in [3.8, 4) is 0 Å². The van der Waals surface area contributed by atoms with Gasteiger partial charge in [-0.2, -0.15) is 22.0 Å². The van der Waals surface area contributed by atoms with E-state index in [0.717, 1.165) is 6.92 Å². The Hall–Kier alpha value is -1.73. The molecule has 0 saturated heterocycles. The highest BCUT2D eigenvalue weighted by atomic mass is 19.4. The molecular weight excluding hydrogens is 249 g/mol. The lowest BCUT2D eigenvalue weighted by Crippen LogP contribution is -2.34. The first-order chi connectivity index (χ1) is 7.57. The molecule has 0 fully saturated rings. The van der Waals surface area contributed by atoms with E-state index in [1.165, 1.54) is 0 Å². The molecule has 0 saturated carbocycles. The zero-order chi connectivity index (χ0) is 13.4. The Labute approximate surface area is 91.9 Å². The molecule has 0 bridgehead atoms. The van der Waals surface area contributed by atoms with E-state index in [1.807, 2.05) is 0 Å². The molecule has 1 aromatic rings. The predicted molar refractivity (Wildman–Crippen MR) is 45.9 cm³/mol. The van der Waals surface area contributed by atoms with Crippen LogP contribution in [0.3, 0.4) is 0 Å². The zero-order valence-electron chi connectivity index (χ0n) is 8.35. The number of rotatable bonds is 2. The first-order valence-corrected chi connectivity index (χ1v) is 4.22. The maximum Gasteiger partial charge on any atom is 0.458 e. The van der Waals surface area contributed by atoms with Crippen LogP contribution >= 0.6 is 0 Å². The number of carboxylic acid groups (broad SMARTS) is 1. The van der Waals surface area contributed by atoms with Crippen LogP contribution in [0.5, 0.6) is 0 Å². The maximum absolute atomic E-state index is 12.9. The number of pyridine rings is 1. The van der Waals surface area contributed by atoms with Gasteiger partial charge in [0, 0.05) is 6.20 Å². The van der Waals surface area contributed by atoms with Crippen LogP contribution in [0.15, 0.2) is 12.3 Å². The second-order valence-electron chi connectivity index (χ2n) is 3.26. The van der Waals surface area contributed by atoms with Gasteiger partial charge in [-0.15, -0.1) is 0 Å². The fourth-order valence-corrected chi connectivity index (χ4v) is 1.15. The zero-order valence-corrected chi connectivity index (χ0v) is 8.35. The smallest absolute Gasteiger partial charge is 0.458 e. The number of hydrogen-bond acceptors (Lipinski definition) is 2. The van der Waals surface area contributed by atoms with Crippen LogP contribution in [0.1, 0.15) is 21.6 Å². The number of halogens is 5. The largest absolute Gasteiger partial charge is 0.477 e. The average molecular weight is 255 g/mol. The van der Waals surface area contributed by atoms with E-state index >= 15 is 0 Å². The monoisotopic (exact) mass is 255 g/mol. The van der Waals surface area contributed by atoms with Crippen molar-refractivity contribution in [3.63, 3.8) is 0 Å². The summed E-state index contributed by atoms with van der Waals surface area (Å²) in [4.78, 5) is 13.5. The molecule has 0 amide bonds. The Morgan fingerprint density at radius 1 is 1.29 bits per heavy atom. The van der Waals surface area contributed by atoms with Crippen molar-refractivity contribution in [1.29, 1.82) is 0 Å². The Bertz CT molecular complexity index is 455. The van der Waals surface area contributed by atoms with Crippen molar-refractivity contribution < 1.29 is 31.9 Å². The van der Waals surface area contributed by atoms with E-state index in [-0.39, 0.29) is 6.20 Å². The number of carboxylic acids is 1. The topological polar surface area (TPSA) is 50.2 Å². The minimum atomic E-state index is -5.75. The summed E-state index contributed by atoms with van der Waals surface area (Å²) >= 11 is 0. The first kappa shape index (κ1) is 13.3. The number of aromatic nitrogens is 1. The Morgan fingerprint density at radius 3 is 2.18 bits per heavy atom. The van der Waals surface area contributed by atoms with Gasteiger partial charge in [0.05, 0.1) is 5.56 Å². The van der Waals surface area contributed by atoms with Crippen molar-refractivity contribution in [3.05, 3.63) is 29.1 Å². The highest BCUT2D eigenvalue weighted by Gasteiger charge is 2.59. The molecule has 1 aromatic heterocycles.